The predicted molar refractivity (Wildman–Crippen MR) is 121 cm³/mol. The monoisotopic (exact) mass is 478 g/mol. The van der Waals surface area contributed by atoms with Crippen LogP contribution in [-0.4, -0.2) is 28.5 Å². The molecule has 10 heteroatoms. The summed E-state index contributed by atoms with van der Waals surface area (Å²) in [5, 5.41) is 2.84. The van der Waals surface area contributed by atoms with Gasteiger partial charge in [-0.25, -0.2) is 12.8 Å². The fraction of sp³-hybridized carbons (Fsp3) is 0.136. The van der Waals surface area contributed by atoms with Crippen molar-refractivity contribution < 1.29 is 27.1 Å². The lowest BCUT2D eigenvalue weighted by Crippen LogP contribution is -2.17. The maximum atomic E-state index is 13.8. The molecule has 2 N–H and O–H groups in total. The van der Waals surface area contributed by atoms with E-state index in [2.05, 4.69) is 10.0 Å². The molecule has 168 valence electrons. The first-order chi connectivity index (χ1) is 15.2. The lowest BCUT2D eigenvalue weighted by molar-refractivity contribution is -0.115. The topological polar surface area (TPSA) is 93.7 Å². The van der Waals surface area contributed by atoms with Gasteiger partial charge in [-0.15, -0.1) is 0 Å². The van der Waals surface area contributed by atoms with E-state index in [1.165, 1.54) is 50.6 Å². The van der Waals surface area contributed by atoms with Crippen molar-refractivity contribution in [1.82, 2.24) is 0 Å². The van der Waals surface area contributed by atoms with Gasteiger partial charge in [0.2, 0.25) is 5.91 Å². The van der Waals surface area contributed by atoms with E-state index in [1.807, 2.05) is 0 Å². The van der Waals surface area contributed by atoms with E-state index in [0.717, 1.165) is 0 Å². The maximum Gasteiger partial charge on any atom is 0.265 e. The van der Waals surface area contributed by atoms with Crippen LogP contribution in [0.25, 0.3) is 0 Å². The summed E-state index contributed by atoms with van der Waals surface area (Å²) in [5.41, 5.74) is 0.860. The summed E-state index contributed by atoms with van der Waals surface area (Å²) >= 11 is 6.05. The highest BCUT2D eigenvalue weighted by Gasteiger charge is 2.22. The molecule has 0 aliphatic rings. The Morgan fingerprint density at radius 2 is 1.69 bits per heavy atom. The molecule has 0 atom stereocenters. The van der Waals surface area contributed by atoms with E-state index >= 15 is 0 Å². The molecule has 0 unspecified atom stereocenters. The molecule has 0 bridgehead atoms. The summed E-state index contributed by atoms with van der Waals surface area (Å²) < 4.78 is 52.2. The van der Waals surface area contributed by atoms with Gasteiger partial charge in [-0.3, -0.25) is 9.52 Å². The highest BCUT2D eigenvalue weighted by atomic mass is 35.5. The molecule has 0 fully saturated rings. The number of ether oxygens (including phenoxy) is 2. The number of halogens is 2. The molecule has 0 spiro atoms. The second-order valence-corrected chi connectivity index (χ2v) is 8.70. The number of rotatable bonds is 8. The Labute approximate surface area is 190 Å². The fourth-order valence-electron chi connectivity index (χ4n) is 2.92. The maximum absolute atomic E-state index is 13.8. The first kappa shape index (κ1) is 23.4. The van der Waals surface area contributed by atoms with Crippen LogP contribution in [0.3, 0.4) is 0 Å². The van der Waals surface area contributed by atoms with E-state index < -0.39 is 21.7 Å². The number of methoxy groups -OCH3 is 2. The third-order valence-corrected chi connectivity index (χ3v) is 6.15. The molecule has 7 nitrogen and oxygen atoms in total. The Balaban J connectivity index is 1.82. The standard InChI is InChI=1S/C22H20ClFN2O5S/c1-30-19-9-7-14(11-17(19)24)12-22(27)25-15-8-10-20(31-2)21(13-15)32(28,29)26-18-6-4-3-5-16(18)23/h3-11,13,26H,12H2,1-2H3,(H,25,27). The van der Waals surface area contributed by atoms with Gasteiger partial charge in [0, 0.05) is 5.69 Å². The minimum atomic E-state index is -4.08. The van der Waals surface area contributed by atoms with Gasteiger partial charge < -0.3 is 14.8 Å². The molecular weight excluding hydrogens is 459 g/mol. The van der Waals surface area contributed by atoms with E-state index in [1.54, 1.807) is 24.3 Å². The molecule has 3 aromatic rings. The number of amides is 1. The molecular formula is C22H20ClFN2O5S. The van der Waals surface area contributed by atoms with Gasteiger partial charge in [0.15, 0.2) is 11.6 Å². The molecule has 0 saturated heterocycles. The third-order valence-electron chi connectivity index (χ3n) is 4.44. The summed E-state index contributed by atoms with van der Waals surface area (Å²) in [4.78, 5) is 12.2. The summed E-state index contributed by atoms with van der Waals surface area (Å²) in [5.74, 6) is -0.881. The second-order valence-electron chi connectivity index (χ2n) is 6.64. The van der Waals surface area contributed by atoms with Crippen LogP contribution >= 0.6 is 11.6 Å². The summed E-state index contributed by atoms with van der Waals surface area (Å²) in [7, 11) is -1.40. The average molecular weight is 479 g/mol. The van der Waals surface area contributed by atoms with Gasteiger partial charge in [0.1, 0.15) is 10.6 Å². The van der Waals surface area contributed by atoms with Crippen LogP contribution in [0.5, 0.6) is 11.5 Å². The molecule has 0 aliphatic heterocycles. The first-order valence-corrected chi connectivity index (χ1v) is 11.2. The normalized spacial score (nSPS) is 11.0. The van der Waals surface area contributed by atoms with Gasteiger partial charge in [0.25, 0.3) is 10.0 Å². The van der Waals surface area contributed by atoms with Gasteiger partial charge in [-0.05, 0) is 48.0 Å². The van der Waals surface area contributed by atoms with Gasteiger partial charge in [-0.1, -0.05) is 29.8 Å². The fourth-order valence-corrected chi connectivity index (χ4v) is 4.43. The number of nitrogens with one attached hydrogen (secondary N) is 2. The van der Waals surface area contributed by atoms with Crippen molar-refractivity contribution in [1.29, 1.82) is 0 Å². The zero-order chi connectivity index (χ0) is 23.3. The Bertz CT molecular complexity index is 1250. The Hall–Kier alpha value is -3.30. The molecule has 3 rings (SSSR count). The van der Waals surface area contributed by atoms with Crippen LogP contribution in [-0.2, 0) is 21.2 Å². The lowest BCUT2D eigenvalue weighted by Gasteiger charge is -2.14. The largest absolute Gasteiger partial charge is 0.495 e. The Kier molecular flexibility index (Phi) is 7.22. The zero-order valence-corrected chi connectivity index (χ0v) is 18.8. The summed E-state index contributed by atoms with van der Waals surface area (Å²) in [6.45, 7) is 0. The van der Waals surface area contributed by atoms with E-state index in [-0.39, 0.29) is 39.2 Å². The van der Waals surface area contributed by atoms with Crippen LogP contribution in [0.15, 0.2) is 65.6 Å². The number of benzene rings is 3. The Morgan fingerprint density at radius 1 is 1.00 bits per heavy atom. The zero-order valence-electron chi connectivity index (χ0n) is 17.2. The quantitative estimate of drug-likeness (QED) is 0.498. The highest BCUT2D eigenvalue weighted by Crippen LogP contribution is 2.31. The second kappa shape index (κ2) is 9.88. The lowest BCUT2D eigenvalue weighted by atomic mass is 10.1. The number of carbonyl (C=O) groups is 1. The van der Waals surface area contributed by atoms with Gasteiger partial charge in [0.05, 0.1) is 31.4 Å². The minimum Gasteiger partial charge on any atom is -0.495 e. The first-order valence-electron chi connectivity index (χ1n) is 9.31. The predicted octanol–water partition coefficient (Wildman–Crippen LogP) is 4.48. The SMILES string of the molecule is COc1ccc(CC(=O)Nc2ccc(OC)c(S(=O)(=O)Nc3ccccc3Cl)c2)cc1F. The number of hydrogen-bond donors (Lipinski definition) is 2. The van der Waals surface area contributed by atoms with Crippen molar-refractivity contribution in [2.75, 3.05) is 24.3 Å². The number of sulfonamides is 1. The average Bonchev–Trinajstić information content (AvgIpc) is 2.75. The van der Waals surface area contributed by atoms with Crippen LogP contribution in [0.4, 0.5) is 15.8 Å². The molecule has 0 aliphatic carbocycles. The summed E-state index contributed by atoms with van der Waals surface area (Å²) in [6.07, 6.45) is -0.118. The number of para-hydroxylation sites is 1. The van der Waals surface area contributed by atoms with Crippen molar-refractivity contribution >= 4 is 38.9 Å². The molecule has 0 aromatic heterocycles. The summed E-state index contributed by atoms with van der Waals surface area (Å²) in [6, 6.07) is 14.8. The van der Waals surface area contributed by atoms with E-state index in [9.17, 15) is 17.6 Å². The molecule has 1 amide bonds. The Morgan fingerprint density at radius 3 is 2.34 bits per heavy atom. The third kappa shape index (κ3) is 5.49. The number of carbonyl (C=O) groups excluding carboxylic acids is 1. The van der Waals surface area contributed by atoms with Crippen LogP contribution < -0.4 is 19.5 Å². The van der Waals surface area contributed by atoms with E-state index in [4.69, 9.17) is 21.1 Å². The van der Waals surface area contributed by atoms with Crippen molar-refractivity contribution in [3.05, 3.63) is 77.1 Å². The van der Waals surface area contributed by atoms with E-state index in [0.29, 0.717) is 5.56 Å². The molecule has 32 heavy (non-hydrogen) atoms. The molecule has 0 radical (unpaired) electrons. The number of anilines is 2. The van der Waals surface area contributed by atoms with Gasteiger partial charge >= 0.3 is 0 Å². The van der Waals surface area contributed by atoms with Crippen LogP contribution in [0.1, 0.15) is 5.56 Å². The number of hydrogen-bond acceptors (Lipinski definition) is 5. The van der Waals surface area contributed by atoms with Crippen molar-refractivity contribution in [3.63, 3.8) is 0 Å². The molecule has 0 heterocycles. The minimum absolute atomic E-state index is 0.0742. The van der Waals surface area contributed by atoms with Crippen molar-refractivity contribution in [2.45, 2.75) is 11.3 Å². The smallest absolute Gasteiger partial charge is 0.265 e. The highest BCUT2D eigenvalue weighted by molar-refractivity contribution is 7.92. The van der Waals surface area contributed by atoms with Crippen molar-refractivity contribution in [2.24, 2.45) is 0 Å². The molecule has 0 saturated carbocycles. The van der Waals surface area contributed by atoms with Crippen LogP contribution in [0.2, 0.25) is 5.02 Å². The molecule has 3 aromatic carbocycles. The van der Waals surface area contributed by atoms with Gasteiger partial charge in [-0.2, -0.15) is 0 Å². The van der Waals surface area contributed by atoms with Crippen molar-refractivity contribution in [3.8, 4) is 11.5 Å². The van der Waals surface area contributed by atoms with Crippen LogP contribution in [0, 0.1) is 5.82 Å².